The monoisotopic (exact) mass is 362 g/mol. The molecular formula is C20H34N4O2. The normalized spacial score (nSPS) is 17.8. The van der Waals surface area contributed by atoms with Crippen molar-refractivity contribution in [2.45, 2.75) is 45.3 Å². The van der Waals surface area contributed by atoms with Crippen LogP contribution in [0.25, 0.3) is 0 Å². The van der Waals surface area contributed by atoms with Gasteiger partial charge in [-0.15, -0.1) is 0 Å². The number of likely N-dealkylation sites (tertiary alicyclic amines) is 1. The second-order valence-corrected chi connectivity index (χ2v) is 6.77. The first-order valence-corrected chi connectivity index (χ1v) is 9.75. The van der Waals surface area contributed by atoms with E-state index in [4.69, 9.17) is 4.74 Å². The summed E-state index contributed by atoms with van der Waals surface area (Å²) >= 11 is 0. The van der Waals surface area contributed by atoms with E-state index < -0.39 is 6.10 Å². The second kappa shape index (κ2) is 11.0. The lowest BCUT2D eigenvalue weighted by molar-refractivity contribution is 0.186. The third-order valence-corrected chi connectivity index (χ3v) is 4.74. The number of hydrogen-bond acceptors (Lipinski definition) is 4. The molecule has 1 aliphatic heterocycles. The summed E-state index contributed by atoms with van der Waals surface area (Å²) in [6, 6.07) is 7.91. The van der Waals surface area contributed by atoms with Crippen molar-refractivity contribution in [2.75, 3.05) is 39.8 Å². The van der Waals surface area contributed by atoms with E-state index in [1.165, 1.54) is 13.0 Å². The molecule has 0 spiro atoms. The Labute approximate surface area is 157 Å². The van der Waals surface area contributed by atoms with Crippen molar-refractivity contribution in [2.24, 2.45) is 4.99 Å². The Kier molecular flexibility index (Phi) is 8.71. The Balaban J connectivity index is 1.87. The van der Waals surface area contributed by atoms with Gasteiger partial charge in [-0.2, -0.15) is 0 Å². The Morgan fingerprint density at radius 2 is 1.96 bits per heavy atom. The average Bonchev–Trinajstić information content (AvgIpc) is 2.68. The molecule has 1 fully saturated rings. The summed E-state index contributed by atoms with van der Waals surface area (Å²) in [5.74, 6) is 1.57. The van der Waals surface area contributed by atoms with E-state index in [2.05, 4.69) is 34.4 Å². The maximum atomic E-state index is 10.4. The minimum atomic E-state index is -0.622. The summed E-state index contributed by atoms with van der Waals surface area (Å²) < 4.78 is 5.15. The highest BCUT2D eigenvalue weighted by molar-refractivity contribution is 5.80. The first kappa shape index (κ1) is 20.5. The van der Waals surface area contributed by atoms with Crippen LogP contribution >= 0.6 is 0 Å². The van der Waals surface area contributed by atoms with Gasteiger partial charge in [0.25, 0.3) is 0 Å². The van der Waals surface area contributed by atoms with Gasteiger partial charge in [0.1, 0.15) is 5.75 Å². The number of ether oxygens (including phenoxy) is 1. The van der Waals surface area contributed by atoms with Gasteiger partial charge in [0.2, 0.25) is 0 Å². The van der Waals surface area contributed by atoms with Crippen LogP contribution in [-0.4, -0.2) is 61.8 Å². The largest absolute Gasteiger partial charge is 0.497 e. The zero-order valence-electron chi connectivity index (χ0n) is 16.4. The summed E-state index contributed by atoms with van der Waals surface area (Å²) in [5.41, 5.74) is 0.846. The molecule has 6 heteroatoms. The van der Waals surface area contributed by atoms with E-state index in [9.17, 15) is 5.11 Å². The van der Waals surface area contributed by atoms with Crippen molar-refractivity contribution in [3.8, 4) is 5.75 Å². The summed E-state index contributed by atoms with van der Waals surface area (Å²) in [7, 11) is 1.64. The molecule has 1 aromatic rings. The van der Waals surface area contributed by atoms with Crippen LogP contribution in [-0.2, 0) is 0 Å². The number of hydrogen-bond donors (Lipinski definition) is 3. The molecule has 1 aromatic carbocycles. The van der Waals surface area contributed by atoms with Crippen LogP contribution in [0.4, 0.5) is 0 Å². The van der Waals surface area contributed by atoms with Crippen LogP contribution in [0.3, 0.4) is 0 Å². The number of nitrogens with one attached hydrogen (secondary N) is 2. The van der Waals surface area contributed by atoms with Crippen LogP contribution < -0.4 is 15.4 Å². The highest BCUT2D eigenvalue weighted by Gasteiger charge is 2.19. The molecule has 1 saturated heterocycles. The van der Waals surface area contributed by atoms with E-state index in [1.807, 2.05) is 24.3 Å². The quantitative estimate of drug-likeness (QED) is 0.488. The predicted molar refractivity (Wildman–Crippen MR) is 107 cm³/mol. The maximum absolute atomic E-state index is 10.4. The minimum Gasteiger partial charge on any atom is -0.497 e. The SMILES string of the molecule is CCCN1CCC(NC(=NCC(O)c2ccc(OC)cc2)NCC)CC1. The van der Waals surface area contributed by atoms with Crippen molar-refractivity contribution in [1.82, 2.24) is 15.5 Å². The van der Waals surface area contributed by atoms with E-state index in [1.54, 1.807) is 7.11 Å². The highest BCUT2D eigenvalue weighted by atomic mass is 16.5. The van der Waals surface area contributed by atoms with Gasteiger partial charge < -0.3 is 25.4 Å². The van der Waals surface area contributed by atoms with Gasteiger partial charge in [-0.05, 0) is 50.4 Å². The molecule has 1 atom stereocenters. The smallest absolute Gasteiger partial charge is 0.191 e. The van der Waals surface area contributed by atoms with Crippen molar-refractivity contribution in [3.63, 3.8) is 0 Å². The fourth-order valence-corrected chi connectivity index (χ4v) is 3.24. The third-order valence-electron chi connectivity index (χ3n) is 4.74. The van der Waals surface area contributed by atoms with Crippen molar-refractivity contribution in [1.29, 1.82) is 0 Å². The van der Waals surface area contributed by atoms with Crippen molar-refractivity contribution < 1.29 is 9.84 Å². The minimum absolute atomic E-state index is 0.330. The van der Waals surface area contributed by atoms with Gasteiger partial charge in [0.15, 0.2) is 5.96 Å². The fourth-order valence-electron chi connectivity index (χ4n) is 3.24. The van der Waals surface area contributed by atoms with Gasteiger partial charge >= 0.3 is 0 Å². The van der Waals surface area contributed by atoms with Crippen LogP contribution in [0.5, 0.6) is 5.75 Å². The van der Waals surface area contributed by atoms with E-state index in [-0.39, 0.29) is 0 Å². The lowest BCUT2D eigenvalue weighted by Gasteiger charge is -2.32. The number of methoxy groups -OCH3 is 1. The van der Waals surface area contributed by atoms with E-state index in [0.29, 0.717) is 12.6 Å². The molecule has 1 unspecified atom stereocenters. The molecule has 146 valence electrons. The highest BCUT2D eigenvalue weighted by Crippen LogP contribution is 2.18. The molecule has 0 bridgehead atoms. The Hall–Kier alpha value is -1.79. The molecule has 0 saturated carbocycles. The lowest BCUT2D eigenvalue weighted by atomic mass is 10.1. The molecule has 1 heterocycles. The number of benzene rings is 1. The summed E-state index contributed by atoms with van der Waals surface area (Å²) in [6.07, 6.45) is 2.85. The molecule has 3 N–H and O–H groups in total. The molecule has 0 aromatic heterocycles. The molecule has 0 radical (unpaired) electrons. The third kappa shape index (κ3) is 6.50. The lowest BCUT2D eigenvalue weighted by Crippen LogP contribution is -2.48. The van der Waals surface area contributed by atoms with Gasteiger partial charge in [-0.3, -0.25) is 4.99 Å². The maximum Gasteiger partial charge on any atom is 0.191 e. The van der Waals surface area contributed by atoms with Crippen LogP contribution in [0.2, 0.25) is 0 Å². The zero-order chi connectivity index (χ0) is 18.8. The van der Waals surface area contributed by atoms with E-state index in [0.717, 1.165) is 49.7 Å². The topological polar surface area (TPSA) is 69.1 Å². The first-order valence-electron chi connectivity index (χ1n) is 9.75. The number of aliphatic imine (C=N–C) groups is 1. The van der Waals surface area contributed by atoms with Crippen LogP contribution in [0.15, 0.2) is 29.3 Å². The molecule has 0 amide bonds. The zero-order valence-corrected chi connectivity index (χ0v) is 16.4. The predicted octanol–water partition coefficient (Wildman–Crippen LogP) is 2.16. The fraction of sp³-hybridized carbons (Fsp3) is 0.650. The second-order valence-electron chi connectivity index (χ2n) is 6.77. The Morgan fingerprint density at radius 3 is 2.54 bits per heavy atom. The standard InChI is InChI=1S/C20H34N4O2/c1-4-12-24-13-10-17(11-14-24)23-20(21-5-2)22-15-19(25)16-6-8-18(26-3)9-7-16/h6-9,17,19,25H,4-5,10-15H2,1-3H3,(H2,21,22,23). The number of aliphatic hydroxyl groups excluding tert-OH is 1. The molecule has 26 heavy (non-hydrogen) atoms. The summed E-state index contributed by atoms with van der Waals surface area (Å²) in [6.45, 7) is 8.89. The number of rotatable bonds is 8. The molecular weight excluding hydrogens is 328 g/mol. The van der Waals surface area contributed by atoms with Gasteiger partial charge in [0.05, 0.1) is 19.8 Å². The molecule has 1 aliphatic rings. The van der Waals surface area contributed by atoms with Crippen molar-refractivity contribution >= 4 is 5.96 Å². The van der Waals surface area contributed by atoms with Gasteiger partial charge in [-0.25, -0.2) is 0 Å². The van der Waals surface area contributed by atoms with Crippen molar-refractivity contribution in [3.05, 3.63) is 29.8 Å². The molecule has 0 aliphatic carbocycles. The number of guanidine groups is 1. The Morgan fingerprint density at radius 1 is 1.27 bits per heavy atom. The molecule has 6 nitrogen and oxygen atoms in total. The number of nitrogens with zero attached hydrogens (tertiary/aromatic N) is 2. The average molecular weight is 363 g/mol. The van der Waals surface area contributed by atoms with Gasteiger partial charge in [-0.1, -0.05) is 19.1 Å². The van der Waals surface area contributed by atoms with Crippen LogP contribution in [0, 0.1) is 0 Å². The van der Waals surface area contributed by atoms with E-state index >= 15 is 0 Å². The summed E-state index contributed by atoms with van der Waals surface area (Å²) in [5, 5.41) is 17.2. The first-order chi connectivity index (χ1) is 12.7. The summed E-state index contributed by atoms with van der Waals surface area (Å²) in [4.78, 5) is 7.10. The van der Waals surface area contributed by atoms with Gasteiger partial charge in [0, 0.05) is 25.7 Å². The Bertz CT molecular complexity index is 539. The van der Waals surface area contributed by atoms with Crippen LogP contribution in [0.1, 0.15) is 44.8 Å². The molecule has 2 rings (SSSR count). The number of piperidine rings is 1. The number of aliphatic hydroxyl groups is 1.